The van der Waals surface area contributed by atoms with E-state index in [0.29, 0.717) is 6.61 Å². The minimum Gasteiger partial charge on any atom is -0.450 e. The van der Waals surface area contributed by atoms with Gasteiger partial charge in [0.2, 0.25) is 0 Å². The molecule has 0 aromatic heterocycles. The number of aliphatic hydroxyl groups is 1. The zero-order chi connectivity index (χ0) is 7.98. The molecule has 0 bridgehead atoms. The third-order valence-corrected chi connectivity index (χ3v) is 0.817. The number of carbonyl (C=O) groups excluding carboxylic acids is 1. The fourth-order valence-electron chi connectivity index (χ4n) is 0.413. The average molecular weight is 147 g/mol. The van der Waals surface area contributed by atoms with Crippen LogP contribution in [0.25, 0.3) is 0 Å². The van der Waals surface area contributed by atoms with E-state index >= 15 is 0 Å². The van der Waals surface area contributed by atoms with Crippen LogP contribution in [0.4, 0.5) is 4.79 Å². The Labute approximate surface area is 60.2 Å². The van der Waals surface area contributed by atoms with Crippen molar-refractivity contribution in [2.45, 2.75) is 20.0 Å². The van der Waals surface area contributed by atoms with Gasteiger partial charge >= 0.3 is 6.09 Å². The van der Waals surface area contributed by atoms with Crippen molar-refractivity contribution in [3.8, 4) is 0 Å². The summed E-state index contributed by atoms with van der Waals surface area (Å²) in [7, 11) is 0. The van der Waals surface area contributed by atoms with E-state index < -0.39 is 12.2 Å². The van der Waals surface area contributed by atoms with Gasteiger partial charge in [0.25, 0.3) is 0 Å². The van der Waals surface area contributed by atoms with E-state index in [1.165, 1.54) is 0 Å². The zero-order valence-corrected chi connectivity index (χ0v) is 6.26. The molecule has 0 saturated carbocycles. The van der Waals surface area contributed by atoms with E-state index in [2.05, 4.69) is 10.1 Å². The van der Waals surface area contributed by atoms with Crippen molar-refractivity contribution < 1.29 is 14.6 Å². The Morgan fingerprint density at radius 1 is 1.80 bits per heavy atom. The van der Waals surface area contributed by atoms with Gasteiger partial charge in [0, 0.05) is 6.54 Å². The second-order valence-electron chi connectivity index (χ2n) is 1.95. The van der Waals surface area contributed by atoms with Crippen LogP contribution >= 0.6 is 0 Å². The van der Waals surface area contributed by atoms with Gasteiger partial charge in [-0.25, -0.2) is 4.79 Å². The second kappa shape index (κ2) is 5.05. The van der Waals surface area contributed by atoms with Crippen LogP contribution in [0, 0.1) is 0 Å². The van der Waals surface area contributed by atoms with Crippen LogP contribution in [-0.2, 0) is 4.74 Å². The number of aliphatic hydroxyl groups excluding tert-OH is 1. The number of hydrogen-bond donors (Lipinski definition) is 2. The molecule has 60 valence electrons. The molecule has 0 aliphatic carbocycles. The fourth-order valence-corrected chi connectivity index (χ4v) is 0.413. The van der Waals surface area contributed by atoms with Crippen LogP contribution in [0.1, 0.15) is 13.8 Å². The van der Waals surface area contributed by atoms with E-state index in [1.54, 1.807) is 13.8 Å². The number of ether oxygens (including phenoxy) is 1. The Balaban J connectivity index is 3.22. The minimum atomic E-state index is -0.524. The second-order valence-corrected chi connectivity index (χ2v) is 1.95. The van der Waals surface area contributed by atoms with Crippen LogP contribution in [0.2, 0.25) is 0 Å². The van der Waals surface area contributed by atoms with E-state index in [4.69, 9.17) is 5.11 Å². The van der Waals surface area contributed by atoms with Crippen molar-refractivity contribution in [1.29, 1.82) is 0 Å². The van der Waals surface area contributed by atoms with Gasteiger partial charge in [-0.1, -0.05) is 0 Å². The molecular formula is C6H13NO3. The molecule has 0 aromatic rings. The van der Waals surface area contributed by atoms with Crippen molar-refractivity contribution >= 4 is 6.09 Å². The number of nitrogens with one attached hydrogen (secondary N) is 1. The lowest BCUT2D eigenvalue weighted by Gasteiger charge is -2.05. The largest absolute Gasteiger partial charge is 0.450 e. The monoisotopic (exact) mass is 147 g/mol. The molecule has 0 aliphatic heterocycles. The van der Waals surface area contributed by atoms with E-state index in [9.17, 15) is 4.79 Å². The Bertz CT molecular complexity index is 103. The molecule has 0 heterocycles. The number of carbonyl (C=O) groups is 1. The summed E-state index contributed by atoms with van der Waals surface area (Å²) in [5.74, 6) is 0. The molecule has 0 rings (SSSR count). The first-order chi connectivity index (χ1) is 4.66. The molecule has 1 amide bonds. The van der Waals surface area contributed by atoms with Gasteiger partial charge in [0.1, 0.15) is 0 Å². The molecular weight excluding hydrogens is 134 g/mol. The highest BCUT2D eigenvalue weighted by molar-refractivity contribution is 5.66. The number of alkyl carbamates (subject to hydrolysis) is 1. The average Bonchev–Trinajstić information content (AvgIpc) is 1.85. The van der Waals surface area contributed by atoms with E-state index in [1.807, 2.05) is 0 Å². The zero-order valence-electron chi connectivity index (χ0n) is 6.26. The molecule has 10 heavy (non-hydrogen) atoms. The van der Waals surface area contributed by atoms with E-state index in [-0.39, 0.29) is 6.54 Å². The predicted molar refractivity (Wildman–Crippen MR) is 36.7 cm³/mol. The molecule has 4 heteroatoms. The highest BCUT2D eigenvalue weighted by Gasteiger charge is 2.00. The fraction of sp³-hybridized carbons (Fsp3) is 0.833. The number of rotatable bonds is 3. The highest BCUT2D eigenvalue weighted by atomic mass is 16.5. The lowest BCUT2D eigenvalue weighted by molar-refractivity contribution is 0.139. The van der Waals surface area contributed by atoms with Gasteiger partial charge in [-0.15, -0.1) is 0 Å². The maximum Gasteiger partial charge on any atom is 0.407 e. The SMILES string of the molecule is CCOC(=O)NC[C@@H](C)O. The maximum absolute atomic E-state index is 10.5. The summed E-state index contributed by atoms with van der Waals surface area (Å²) >= 11 is 0. The summed E-state index contributed by atoms with van der Waals surface area (Å²) in [4.78, 5) is 10.5. The third kappa shape index (κ3) is 5.37. The maximum atomic E-state index is 10.5. The van der Waals surface area contributed by atoms with Crippen molar-refractivity contribution in [2.24, 2.45) is 0 Å². The summed E-state index contributed by atoms with van der Waals surface area (Å²) in [5, 5.41) is 11.1. The quantitative estimate of drug-likeness (QED) is 0.595. The van der Waals surface area contributed by atoms with Gasteiger partial charge in [-0.2, -0.15) is 0 Å². The molecule has 0 aromatic carbocycles. The Morgan fingerprint density at radius 2 is 2.40 bits per heavy atom. The lowest BCUT2D eigenvalue weighted by Crippen LogP contribution is -2.30. The Morgan fingerprint density at radius 3 is 2.80 bits per heavy atom. The molecule has 0 spiro atoms. The van der Waals surface area contributed by atoms with Gasteiger partial charge in [0.05, 0.1) is 12.7 Å². The van der Waals surface area contributed by atoms with Gasteiger partial charge in [0.15, 0.2) is 0 Å². The molecule has 1 atom stereocenters. The van der Waals surface area contributed by atoms with Crippen LogP contribution < -0.4 is 5.32 Å². The van der Waals surface area contributed by atoms with Gasteiger partial charge in [-0.05, 0) is 13.8 Å². The van der Waals surface area contributed by atoms with Crippen LogP contribution in [0.5, 0.6) is 0 Å². The molecule has 0 unspecified atom stereocenters. The first kappa shape index (κ1) is 9.23. The van der Waals surface area contributed by atoms with E-state index in [0.717, 1.165) is 0 Å². The highest BCUT2D eigenvalue weighted by Crippen LogP contribution is 1.78. The first-order valence-electron chi connectivity index (χ1n) is 3.25. The molecule has 0 radical (unpaired) electrons. The van der Waals surface area contributed by atoms with Gasteiger partial charge < -0.3 is 15.2 Å². The smallest absolute Gasteiger partial charge is 0.407 e. The van der Waals surface area contributed by atoms with Crippen molar-refractivity contribution in [2.75, 3.05) is 13.2 Å². The lowest BCUT2D eigenvalue weighted by atomic mass is 10.4. The molecule has 0 saturated heterocycles. The summed E-state index contributed by atoms with van der Waals surface area (Å²) in [6.45, 7) is 3.90. The summed E-state index contributed by atoms with van der Waals surface area (Å²) < 4.78 is 4.53. The molecule has 0 aliphatic rings. The van der Waals surface area contributed by atoms with Crippen molar-refractivity contribution in [1.82, 2.24) is 5.32 Å². The molecule has 2 N–H and O–H groups in total. The molecule has 0 fully saturated rings. The van der Waals surface area contributed by atoms with Crippen LogP contribution in [0.3, 0.4) is 0 Å². The third-order valence-electron chi connectivity index (χ3n) is 0.817. The van der Waals surface area contributed by atoms with Crippen molar-refractivity contribution in [3.63, 3.8) is 0 Å². The predicted octanol–water partition coefficient (Wildman–Crippen LogP) is 0.113. The van der Waals surface area contributed by atoms with Crippen molar-refractivity contribution in [3.05, 3.63) is 0 Å². The van der Waals surface area contributed by atoms with Gasteiger partial charge in [-0.3, -0.25) is 0 Å². The van der Waals surface area contributed by atoms with Crippen LogP contribution in [0.15, 0.2) is 0 Å². The normalized spacial score (nSPS) is 12.3. The standard InChI is InChI=1S/C6H13NO3/c1-3-10-6(9)7-4-5(2)8/h5,8H,3-4H2,1-2H3,(H,7,9)/t5-/m1/s1. The minimum absolute atomic E-state index is 0.235. The Kier molecular flexibility index (Phi) is 4.66. The van der Waals surface area contributed by atoms with Crippen LogP contribution in [-0.4, -0.2) is 30.5 Å². The summed E-state index contributed by atoms with van der Waals surface area (Å²) in [5.41, 5.74) is 0. The summed E-state index contributed by atoms with van der Waals surface area (Å²) in [6.07, 6.45) is -1.01. The molecule has 4 nitrogen and oxygen atoms in total. The number of hydrogen-bond acceptors (Lipinski definition) is 3. The Hall–Kier alpha value is -0.770. The topological polar surface area (TPSA) is 58.6 Å². The summed E-state index contributed by atoms with van der Waals surface area (Å²) in [6, 6.07) is 0. The first-order valence-corrected chi connectivity index (χ1v) is 3.25. The number of amides is 1.